The van der Waals surface area contributed by atoms with Crippen molar-refractivity contribution < 1.29 is 19.8 Å². The molecule has 0 aromatic carbocycles. The SMILES string of the molecule is CC(C)c1nc(CN(C)C(=O)N[C@H](C(=O)O)C(C)O)cs1. The molecule has 0 fully saturated rings. The molecule has 0 spiro atoms. The molecular formula is C13H21N3O4S. The number of thiazole rings is 1. The number of nitrogens with one attached hydrogen (secondary N) is 1. The van der Waals surface area contributed by atoms with E-state index in [4.69, 9.17) is 5.11 Å². The number of aromatic nitrogens is 1. The lowest BCUT2D eigenvalue weighted by atomic mass is 10.2. The Morgan fingerprint density at radius 3 is 2.48 bits per heavy atom. The minimum Gasteiger partial charge on any atom is -0.480 e. The van der Waals surface area contributed by atoms with Crippen LogP contribution in [0.3, 0.4) is 0 Å². The zero-order valence-electron chi connectivity index (χ0n) is 12.5. The number of hydrogen-bond acceptors (Lipinski definition) is 5. The second-order valence-corrected chi connectivity index (χ2v) is 6.08. The quantitative estimate of drug-likeness (QED) is 0.733. The molecule has 7 nitrogen and oxygen atoms in total. The highest BCUT2D eigenvalue weighted by molar-refractivity contribution is 7.09. The molecule has 3 N–H and O–H groups in total. The first-order chi connectivity index (χ1) is 9.72. The fourth-order valence-electron chi connectivity index (χ4n) is 1.61. The Morgan fingerprint density at radius 1 is 1.43 bits per heavy atom. The van der Waals surface area contributed by atoms with Gasteiger partial charge in [0.2, 0.25) is 0 Å². The summed E-state index contributed by atoms with van der Waals surface area (Å²) in [6, 6.07) is -1.90. The molecule has 2 amide bonds. The average Bonchev–Trinajstić information content (AvgIpc) is 2.83. The number of carboxylic acid groups (broad SMARTS) is 1. The normalized spacial score (nSPS) is 13.8. The lowest BCUT2D eigenvalue weighted by molar-refractivity contribution is -0.141. The van der Waals surface area contributed by atoms with Crippen molar-refractivity contribution in [2.24, 2.45) is 0 Å². The molecule has 0 aliphatic carbocycles. The highest BCUT2D eigenvalue weighted by Gasteiger charge is 2.26. The lowest BCUT2D eigenvalue weighted by Gasteiger charge is -2.22. The maximum atomic E-state index is 11.9. The van der Waals surface area contributed by atoms with Crippen LogP contribution in [-0.4, -0.2) is 51.3 Å². The molecule has 1 rings (SSSR count). The molecule has 21 heavy (non-hydrogen) atoms. The summed E-state index contributed by atoms with van der Waals surface area (Å²) in [5.41, 5.74) is 0.755. The van der Waals surface area contributed by atoms with Gasteiger partial charge < -0.3 is 20.4 Å². The van der Waals surface area contributed by atoms with Crippen molar-refractivity contribution in [2.75, 3.05) is 7.05 Å². The first-order valence-corrected chi connectivity index (χ1v) is 7.47. The van der Waals surface area contributed by atoms with E-state index in [9.17, 15) is 14.7 Å². The van der Waals surface area contributed by atoms with Gasteiger partial charge in [-0.25, -0.2) is 14.6 Å². The Morgan fingerprint density at radius 2 is 2.05 bits per heavy atom. The van der Waals surface area contributed by atoms with Crippen molar-refractivity contribution in [2.45, 2.75) is 45.4 Å². The van der Waals surface area contributed by atoms with Gasteiger partial charge in [-0.15, -0.1) is 11.3 Å². The molecule has 2 atom stereocenters. The second kappa shape index (κ2) is 7.37. The summed E-state index contributed by atoms with van der Waals surface area (Å²) < 4.78 is 0. The van der Waals surface area contributed by atoms with Crippen molar-refractivity contribution in [3.63, 3.8) is 0 Å². The number of aliphatic hydroxyl groups is 1. The number of carboxylic acids is 1. The highest BCUT2D eigenvalue weighted by Crippen LogP contribution is 2.19. The first-order valence-electron chi connectivity index (χ1n) is 6.59. The van der Waals surface area contributed by atoms with E-state index >= 15 is 0 Å². The highest BCUT2D eigenvalue weighted by atomic mass is 32.1. The molecule has 1 aromatic heterocycles. The van der Waals surface area contributed by atoms with Gasteiger partial charge in [0, 0.05) is 18.3 Å². The fourth-order valence-corrected chi connectivity index (χ4v) is 2.43. The van der Waals surface area contributed by atoms with Crippen LogP contribution in [0.25, 0.3) is 0 Å². The summed E-state index contributed by atoms with van der Waals surface area (Å²) in [7, 11) is 1.55. The topological polar surface area (TPSA) is 103 Å². The van der Waals surface area contributed by atoms with Gasteiger partial charge in [0.1, 0.15) is 0 Å². The summed E-state index contributed by atoms with van der Waals surface area (Å²) in [4.78, 5) is 28.6. The number of nitrogens with zero attached hydrogens (tertiary/aromatic N) is 2. The van der Waals surface area contributed by atoms with Gasteiger partial charge in [-0.05, 0) is 6.92 Å². The zero-order valence-corrected chi connectivity index (χ0v) is 13.3. The maximum Gasteiger partial charge on any atom is 0.328 e. The van der Waals surface area contributed by atoms with Gasteiger partial charge >= 0.3 is 12.0 Å². The van der Waals surface area contributed by atoms with Crippen LogP contribution in [0.2, 0.25) is 0 Å². The monoisotopic (exact) mass is 315 g/mol. The van der Waals surface area contributed by atoms with Crippen molar-refractivity contribution in [1.82, 2.24) is 15.2 Å². The Labute approximate surface area is 127 Å². The molecule has 118 valence electrons. The third-order valence-electron chi connectivity index (χ3n) is 2.84. The van der Waals surface area contributed by atoms with E-state index in [1.807, 2.05) is 19.2 Å². The van der Waals surface area contributed by atoms with Crippen LogP contribution in [-0.2, 0) is 11.3 Å². The molecule has 0 aliphatic heterocycles. The van der Waals surface area contributed by atoms with Crippen molar-refractivity contribution in [3.8, 4) is 0 Å². The number of rotatable bonds is 6. The van der Waals surface area contributed by atoms with Crippen LogP contribution >= 0.6 is 11.3 Å². The second-order valence-electron chi connectivity index (χ2n) is 5.19. The molecule has 0 bridgehead atoms. The van der Waals surface area contributed by atoms with Crippen LogP contribution in [0.5, 0.6) is 0 Å². The largest absolute Gasteiger partial charge is 0.480 e. The Kier molecular flexibility index (Phi) is 6.10. The van der Waals surface area contributed by atoms with Crippen molar-refractivity contribution >= 4 is 23.3 Å². The third-order valence-corrected chi connectivity index (χ3v) is 4.03. The van der Waals surface area contributed by atoms with Crippen LogP contribution in [0.15, 0.2) is 5.38 Å². The smallest absolute Gasteiger partial charge is 0.328 e. The number of hydrogen-bond donors (Lipinski definition) is 3. The number of amides is 2. The van der Waals surface area contributed by atoms with Gasteiger partial charge in [0.25, 0.3) is 0 Å². The Hall–Kier alpha value is -1.67. The molecule has 1 unspecified atom stereocenters. The molecule has 1 heterocycles. The fraction of sp³-hybridized carbons (Fsp3) is 0.615. The van der Waals surface area contributed by atoms with Gasteiger partial charge in [-0.2, -0.15) is 0 Å². The number of carbonyl (C=O) groups is 2. The third kappa shape index (κ3) is 4.98. The lowest BCUT2D eigenvalue weighted by Crippen LogP contribution is -2.51. The van der Waals surface area contributed by atoms with E-state index < -0.39 is 24.1 Å². The molecule has 0 radical (unpaired) electrons. The molecule has 0 saturated heterocycles. The molecule has 0 saturated carbocycles. The summed E-state index contributed by atoms with van der Waals surface area (Å²) in [6.07, 6.45) is -1.17. The summed E-state index contributed by atoms with van der Waals surface area (Å²) >= 11 is 1.53. The standard InChI is InChI=1S/C13H21N3O4S/c1-7(2)11-14-9(6-21-11)5-16(4)13(20)15-10(8(3)17)12(18)19/h6-8,10,17H,5H2,1-4H3,(H,15,20)(H,18,19)/t8?,10-/m0/s1. The van der Waals surface area contributed by atoms with Crippen LogP contribution < -0.4 is 5.32 Å². The van der Waals surface area contributed by atoms with Crippen molar-refractivity contribution in [1.29, 1.82) is 0 Å². The van der Waals surface area contributed by atoms with Crippen LogP contribution in [0.1, 0.15) is 37.4 Å². The average molecular weight is 315 g/mol. The molecular weight excluding hydrogens is 294 g/mol. The predicted molar refractivity (Wildman–Crippen MR) is 79.3 cm³/mol. The van der Waals surface area contributed by atoms with E-state index in [-0.39, 0.29) is 6.54 Å². The Balaban J connectivity index is 2.63. The predicted octanol–water partition coefficient (Wildman–Crippen LogP) is 1.24. The van der Waals surface area contributed by atoms with Crippen LogP contribution in [0, 0.1) is 0 Å². The summed E-state index contributed by atoms with van der Waals surface area (Å²) in [5.74, 6) is -0.947. The minimum atomic E-state index is -1.33. The van der Waals surface area contributed by atoms with E-state index in [0.29, 0.717) is 5.92 Å². The van der Waals surface area contributed by atoms with Crippen LogP contribution in [0.4, 0.5) is 4.79 Å². The molecule has 1 aromatic rings. The summed E-state index contributed by atoms with van der Waals surface area (Å²) in [5, 5.41) is 23.4. The van der Waals surface area contributed by atoms with E-state index in [2.05, 4.69) is 10.3 Å². The maximum absolute atomic E-state index is 11.9. The summed E-state index contributed by atoms with van der Waals surface area (Å²) in [6.45, 7) is 5.67. The Bertz CT molecular complexity index is 501. The van der Waals surface area contributed by atoms with E-state index in [0.717, 1.165) is 10.7 Å². The number of aliphatic hydroxyl groups excluding tert-OH is 1. The van der Waals surface area contributed by atoms with Gasteiger partial charge in [-0.3, -0.25) is 0 Å². The molecule has 8 heteroatoms. The van der Waals surface area contributed by atoms with E-state index in [1.54, 1.807) is 7.05 Å². The van der Waals surface area contributed by atoms with Gasteiger partial charge in [0.05, 0.1) is 23.4 Å². The minimum absolute atomic E-state index is 0.279. The molecule has 0 aliphatic rings. The number of urea groups is 1. The number of carbonyl (C=O) groups excluding carboxylic acids is 1. The van der Waals surface area contributed by atoms with Gasteiger partial charge in [-0.1, -0.05) is 13.8 Å². The van der Waals surface area contributed by atoms with E-state index in [1.165, 1.54) is 23.2 Å². The first kappa shape index (κ1) is 17.4. The van der Waals surface area contributed by atoms with Gasteiger partial charge in [0.15, 0.2) is 6.04 Å². The zero-order chi connectivity index (χ0) is 16.2. The number of aliphatic carboxylic acids is 1. The van der Waals surface area contributed by atoms with Crippen molar-refractivity contribution in [3.05, 3.63) is 16.1 Å².